The fourth-order valence-corrected chi connectivity index (χ4v) is 6.20. The molecule has 0 unspecified atom stereocenters. The predicted molar refractivity (Wildman–Crippen MR) is 183 cm³/mol. The third kappa shape index (κ3) is 9.51. The lowest BCUT2D eigenvalue weighted by atomic mass is 9.85. The minimum atomic E-state index is 0.425. The molecule has 0 aliphatic heterocycles. The zero-order valence-corrected chi connectivity index (χ0v) is 26.3. The third-order valence-electron chi connectivity index (χ3n) is 8.88. The van der Waals surface area contributed by atoms with Crippen LogP contribution in [0.4, 0.5) is 11.4 Å². The van der Waals surface area contributed by atoms with Crippen LogP contribution >= 0.6 is 0 Å². The van der Waals surface area contributed by atoms with E-state index in [0.717, 1.165) is 24.2 Å². The van der Waals surface area contributed by atoms with Crippen LogP contribution in [0.3, 0.4) is 0 Å². The number of hydrogen-bond donors (Lipinski definition) is 2. The molecule has 0 bridgehead atoms. The second-order valence-corrected chi connectivity index (χ2v) is 12.4. The molecule has 2 nitrogen and oxygen atoms in total. The molecule has 0 fully saturated rings. The molecule has 2 heteroatoms. The molecule has 0 aliphatic rings. The second kappa shape index (κ2) is 16.2. The molecule has 0 aromatic heterocycles. The number of aryl methyl sites for hydroxylation is 2. The number of unbranched alkanes of at least 4 members (excludes halogenated alkanes) is 8. The van der Waals surface area contributed by atoms with Gasteiger partial charge in [0.2, 0.25) is 0 Å². The summed E-state index contributed by atoms with van der Waals surface area (Å²) < 4.78 is 0. The Hall–Kier alpha value is -3.52. The van der Waals surface area contributed by atoms with Crippen molar-refractivity contribution < 1.29 is 0 Å². The standard InChI is InChI=1S/C40H52N2/c1-4-5-6-7-8-9-10-11-12-13-40(34-18-14-32(15-19-34)28-36-22-24-38(41)26-30(36)2)35-20-16-33(17-21-35)29-37-23-25-39(42)27-31(37)3/h14-27,40H,4-13,28-29,41-42H2,1-3H3. The fourth-order valence-electron chi connectivity index (χ4n) is 6.20. The molecule has 4 N–H and O–H groups in total. The van der Waals surface area contributed by atoms with Gasteiger partial charge in [0.1, 0.15) is 0 Å². The van der Waals surface area contributed by atoms with E-state index in [1.807, 2.05) is 12.1 Å². The highest BCUT2D eigenvalue weighted by atomic mass is 14.5. The molecule has 0 radical (unpaired) electrons. The number of hydrogen-bond acceptors (Lipinski definition) is 2. The molecule has 4 rings (SSSR count). The van der Waals surface area contributed by atoms with Gasteiger partial charge in [0.25, 0.3) is 0 Å². The summed E-state index contributed by atoms with van der Waals surface area (Å²) in [7, 11) is 0. The van der Waals surface area contributed by atoms with Crippen LogP contribution in [0.25, 0.3) is 0 Å². The van der Waals surface area contributed by atoms with Crippen LogP contribution in [-0.4, -0.2) is 0 Å². The molecular weight excluding hydrogens is 508 g/mol. The summed E-state index contributed by atoms with van der Waals surface area (Å²) in [6, 6.07) is 31.3. The molecule has 0 amide bonds. The molecule has 0 atom stereocenters. The molecule has 4 aromatic carbocycles. The summed E-state index contributed by atoms with van der Waals surface area (Å²) in [6.07, 6.45) is 15.3. The van der Waals surface area contributed by atoms with E-state index >= 15 is 0 Å². The summed E-state index contributed by atoms with van der Waals surface area (Å²) in [5.41, 5.74) is 24.4. The van der Waals surface area contributed by atoms with Crippen molar-refractivity contribution in [3.8, 4) is 0 Å². The topological polar surface area (TPSA) is 52.0 Å². The van der Waals surface area contributed by atoms with Gasteiger partial charge in [-0.25, -0.2) is 0 Å². The van der Waals surface area contributed by atoms with Crippen LogP contribution in [-0.2, 0) is 12.8 Å². The van der Waals surface area contributed by atoms with E-state index in [4.69, 9.17) is 11.5 Å². The first-order valence-electron chi connectivity index (χ1n) is 16.3. The maximum absolute atomic E-state index is 5.98. The normalized spacial score (nSPS) is 11.3. The minimum Gasteiger partial charge on any atom is -0.399 e. The smallest absolute Gasteiger partial charge is 0.0316 e. The van der Waals surface area contributed by atoms with Gasteiger partial charge in [-0.1, -0.05) is 125 Å². The van der Waals surface area contributed by atoms with Gasteiger partial charge in [0.05, 0.1) is 0 Å². The first kappa shape index (κ1) is 31.4. The van der Waals surface area contributed by atoms with Crippen LogP contribution in [0.1, 0.15) is 122 Å². The number of rotatable bonds is 16. The van der Waals surface area contributed by atoms with E-state index in [1.54, 1.807) is 0 Å². The lowest BCUT2D eigenvalue weighted by Gasteiger charge is -2.19. The highest BCUT2D eigenvalue weighted by Gasteiger charge is 2.15. The van der Waals surface area contributed by atoms with Crippen LogP contribution in [0.2, 0.25) is 0 Å². The second-order valence-electron chi connectivity index (χ2n) is 12.4. The van der Waals surface area contributed by atoms with Gasteiger partial charge in [0, 0.05) is 17.3 Å². The summed E-state index contributed by atoms with van der Waals surface area (Å²) in [5.74, 6) is 0.425. The van der Waals surface area contributed by atoms with Crippen molar-refractivity contribution in [2.45, 2.75) is 104 Å². The van der Waals surface area contributed by atoms with Gasteiger partial charge < -0.3 is 11.5 Å². The first-order chi connectivity index (χ1) is 20.4. The van der Waals surface area contributed by atoms with Gasteiger partial charge >= 0.3 is 0 Å². The summed E-state index contributed by atoms with van der Waals surface area (Å²) in [5, 5.41) is 0. The maximum Gasteiger partial charge on any atom is 0.0316 e. The van der Waals surface area contributed by atoms with E-state index in [9.17, 15) is 0 Å². The Morgan fingerprint density at radius 2 is 0.905 bits per heavy atom. The van der Waals surface area contributed by atoms with E-state index in [0.29, 0.717) is 5.92 Å². The molecule has 4 aromatic rings. The summed E-state index contributed by atoms with van der Waals surface area (Å²) in [4.78, 5) is 0. The summed E-state index contributed by atoms with van der Waals surface area (Å²) >= 11 is 0. The molecule has 42 heavy (non-hydrogen) atoms. The fraction of sp³-hybridized carbons (Fsp3) is 0.400. The van der Waals surface area contributed by atoms with Crippen molar-refractivity contribution >= 4 is 11.4 Å². The average molecular weight is 561 g/mol. The molecule has 0 saturated heterocycles. The third-order valence-corrected chi connectivity index (χ3v) is 8.88. The Morgan fingerprint density at radius 3 is 1.31 bits per heavy atom. The SMILES string of the molecule is CCCCCCCCCCCC(c1ccc(Cc2ccc(N)cc2C)cc1)c1ccc(Cc2ccc(N)cc2C)cc1. The van der Waals surface area contributed by atoms with Crippen molar-refractivity contribution in [1.82, 2.24) is 0 Å². The van der Waals surface area contributed by atoms with E-state index < -0.39 is 0 Å². The highest BCUT2D eigenvalue weighted by Crippen LogP contribution is 2.32. The predicted octanol–water partition coefficient (Wildman–Crippen LogP) is 10.7. The quantitative estimate of drug-likeness (QED) is 0.106. The zero-order chi connectivity index (χ0) is 29.7. The largest absolute Gasteiger partial charge is 0.399 e. The maximum atomic E-state index is 5.98. The molecule has 222 valence electrons. The average Bonchev–Trinajstić information content (AvgIpc) is 2.98. The summed E-state index contributed by atoms with van der Waals surface area (Å²) in [6.45, 7) is 6.60. The van der Waals surface area contributed by atoms with E-state index in [-0.39, 0.29) is 0 Å². The van der Waals surface area contributed by atoms with Gasteiger partial charge in [-0.3, -0.25) is 0 Å². The molecule has 0 heterocycles. The lowest BCUT2D eigenvalue weighted by Crippen LogP contribution is -2.03. The van der Waals surface area contributed by atoms with Crippen LogP contribution in [0, 0.1) is 13.8 Å². The Labute approximate surface area is 255 Å². The first-order valence-corrected chi connectivity index (χ1v) is 16.3. The molecule has 0 saturated carbocycles. The zero-order valence-electron chi connectivity index (χ0n) is 26.3. The van der Waals surface area contributed by atoms with Crippen LogP contribution in [0.15, 0.2) is 84.9 Å². The van der Waals surface area contributed by atoms with Crippen molar-refractivity contribution in [2.24, 2.45) is 0 Å². The highest BCUT2D eigenvalue weighted by molar-refractivity contribution is 5.47. The number of nitrogen functional groups attached to an aromatic ring is 2. The van der Waals surface area contributed by atoms with Crippen molar-refractivity contribution in [2.75, 3.05) is 11.5 Å². The molecular formula is C40H52N2. The number of benzene rings is 4. The Morgan fingerprint density at radius 1 is 0.500 bits per heavy atom. The van der Waals surface area contributed by atoms with E-state index in [2.05, 4.69) is 93.6 Å². The molecule has 0 spiro atoms. The number of nitrogens with two attached hydrogens (primary N) is 2. The monoisotopic (exact) mass is 560 g/mol. The minimum absolute atomic E-state index is 0.425. The molecule has 0 aliphatic carbocycles. The van der Waals surface area contributed by atoms with Crippen molar-refractivity contribution in [1.29, 1.82) is 0 Å². The Bertz CT molecular complexity index is 1270. The van der Waals surface area contributed by atoms with Gasteiger partial charge in [-0.15, -0.1) is 0 Å². The Balaban J connectivity index is 1.43. The number of anilines is 2. The van der Waals surface area contributed by atoms with E-state index in [1.165, 1.54) is 109 Å². The van der Waals surface area contributed by atoms with Gasteiger partial charge in [-0.2, -0.15) is 0 Å². The van der Waals surface area contributed by atoms with Crippen LogP contribution < -0.4 is 11.5 Å². The van der Waals surface area contributed by atoms with Gasteiger partial charge in [0.15, 0.2) is 0 Å². The van der Waals surface area contributed by atoms with Gasteiger partial charge in [-0.05, 0) is 102 Å². The van der Waals surface area contributed by atoms with Crippen molar-refractivity contribution in [3.05, 3.63) is 129 Å². The Kier molecular flexibility index (Phi) is 12.1. The lowest BCUT2D eigenvalue weighted by molar-refractivity contribution is 0.545. The van der Waals surface area contributed by atoms with Crippen molar-refractivity contribution in [3.63, 3.8) is 0 Å². The van der Waals surface area contributed by atoms with Crippen LogP contribution in [0.5, 0.6) is 0 Å².